The molecule has 0 aromatic rings. The van der Waals surface area contributed by atoms with Gasteiger partial charge < -0.3 is 0 Å². The van der Waals surface area contributed by atoms with Gasteiger partial charge in [0, 0.05) is 5.92 Å². The molecule has 0 fully saturated rings. The van der Waals surface area contributed by atoms with Crippen LogP contribution in [0.15, 0.2) is 48.1 Å². The average molecular weight is 301 g/mol. The van der Waals surface area contributed by atoms with E-state index in [0.717, 1.165) is 12.3 Å². The highest BCUT2D eigenvalue weighted by Gasteiger charge is 2.13. The van der Waals surface area contributed by atoms with E-state index in [1.807, 2.05) is 0 Å². The Kier molecular flexibility index (Phi) is 9.20. The molecule has 0 saturated heterocycles. The highest BCUT2D eigenvalue weighted by atomic mass is 14.2. The highest BCUT2D eigenvalue weighted by Crippen LogP contribution is 2.28. The van der Waals surface area contributed by atoms with Crippen LogP contribution in [0.2, 0.25) is 0 Å². The van der Waals surface area contributed by atoms with Gasteiger partial charge in [0.15, 0.2) is 0 Å². The summed E-state index contributed by atoms with van der Waals surface area (Å²) in [6, 6.07) is 0. The number of rotatable bonds is 10. The van der Waals surface area contributed by atoms with Gasteiger partial charge in [-0.3, -0.25) is 0 Å². The van der Waals surface area contributed by atoms with Crippen molar-refractivity contribution in [2.75, 3.05) is 0 Å². The summed E-state index contributed by atoms with van der Waals surface area (Å²) in [5.74, 6) is 2.11. The summed E-state index contributed by atoms with van der Waals surface area (Å²) in [7, 11) is 0. The number of allylic oxidation sites excluding steroid dienone is 7. The third-order valence-electron chi connectivity index (χ3n) is 4.78. The maximum atomic E-state index is 4.31. The molecule has 124 valence electrons. The second kappa shape index (κ2) is 10.6. The predicted molar refractivity (Wildman–Crippen MR) is 101 cm³/mol. The Morgan fingerprint density at radius 2 is 2.05 bits per heavy atom. The van der Waals surface area contributed by atoms with Crippen LogP contribution >= 0.6 is 0 Å². The van der Waals surface area contributed by atoms with E-state index in [4.69, 9.17) is 0 Å². The zero-order valence-corrected chi connectivity index (χ0v) is 15.3. The molecule has 0 radical (unpaired) electrons. The van der Waals surface area contributed by atoms with Crippen molar-refractivity contribution in [2.45, 2.75) is 72.6 Å². The van der Waals surface area contributed by atoms with Crippen molar-refractivity contribution < 1.29 is 0 Å². The normalized spacial score (nSPS) is 20.9. The molecule has 0 N–H and O–H groups in total. The van der Waals surface area contributed by atoms with Gasteiger partial charge in [0.05, 0.1) is 0 Å². The molecular weight excluding hydrogens is 264 g/mol. The molecule has 1 aliphatic rings. The molecule has 1 rings (SSSR count). The van der Waals surface area contributed by atoms with E-state index in [1.165, 1.54) is 49.7 Å². The fourth-order valence-corrected chi connectivity index (χ4v) is 3.20. The Labute approximate surface area is 139 Å². The van der Waals surface area contributed by atoms with Crippen LogP contribution in [-0.2, 0) is 0 Å². The van der Waals surface area contributed by atoms with E-state index in [0.29, 0.717) is 11.8 Å². The Morgan fingerprint density at radius 1 is 1.32 bits per heavy atom. The van der Waals surface area contributed by atoms with Gasteiger partial charge >= 0.3 is 0 Å². The standard InChI is InChI=1S/C22H36/c1-6-8-18(3)10-11-19(4)12-15-21(9-7-2)22-16-13-20(5)14-17-22/h7,9,13,16-18,20-21H,4,6,8,10-12,14-15H2,1-3,5H3/b9-7+. The molecule has 0 saturated carbocycles. The van der Waals surface area contributed by atoms with Gasteiger partial charge in [0.25, 0.3) is 0 Å². The summed E-state index contributed by atoms with van der Waals surface area (Å²) in [5.41, 5.74) is 2.94. The maximum absolute atomic E-state index is 4.31. The SMILES string of the molecule is C=C(CCC(C)CCC)CCC(/C=C/C)C1=CCC(C)C=C1. The molecule has 0 nitrogen and oxygen atoms in total. The van der Waals surface area contributed by atoms with Crippen molar-refractivity contribution in [3.8, 4) is 0 Å². The van der Waals surface area contributed by atoms with Gasteiger partial charge in [-0.1, -0.05) is 76.1 Å². The Balaban J connectivity index is 2.41. The molecular formula is C22H36. The van der Waals surface area contributed by atoms with Crippen molar-refractivity contribution in [1.82, 2.24) is 0 Å². The lowest BCUT2D eigenvalue weighted by molar-refractivity contribution is 0.480. The van der Waals surface area contributed by atoms with Crippen molar-refractivity contribution in [2.24, 2.45) is 17.8 Å². The summed E-state index contributed by atoms with van der Waals surface area (Å²) in [6.45, 7) is 13.4. The molecule has 1 aliphatic carbocycles. The van der Waals surface area contributed by atoms with Gasteiger partial charge in [-0.15, -0.1) is 0 Å². The van der Waals surface area contributed by atoms with Gasteiger partial charge in [-0.2, -0.15) is 0 Å². The van der Waals surface area contributed by atoms with E-state index in [2.05, 4.69) is 64.7 Å². The molecule has 0 heteroatoms. The van der Waals surface area contributed by atoms with Crippen LogP contribution in [0.25, 0.3) is 0 Å². The lowest BCUT2D eigenvalue weighted by Gasteiger charge is -2.20. The van der Waals surface area contributed by atoms with Crippen LogP contribution in [-0.4, -0.2) is 0 Å². The van der Waals surface area contributed by atoms with E-state index < -0.39 is 0 Å². The third kappa shape index (κ3) is 7.29. The van der Waals surface area contributed by atoms with Gasteiger partial charge in [-0.25, -0.2) is 0 Å². The first-order chi connectivity index (χ1) is 10.6. The largest absolute Gasteiger partial charge is 0.0999 e. The van der Waals surface area contributed by atoms with Gasteiger partial charge in [0.2, 0.25) is 0 Å². The maximum Gasteiger partial charge on any atom is 0.00176 e. The van der Waals surface area contributed by atoms with E-state index in [9.17, 15) is 0 Å². The van der Waals surface area contributed by atoms with Crippen molar-refractivity contribution in [3.05, 3.63) is 48.1 Å². The van der Waals surface area contributed by atoms with Crippen LogP contribution in [0.4, 0.5) is 0 Å². The summed E-state index contributed by atoms with van der Waals surface area (Å²) in [4.78, 5) is 0. The summed E-state index contributed by atoms with van der Waals surface area (Å²) >= 11 is 0. The highest BCUT2D eigenvalue weighted by molar-refractivity contribution is 5.29. The van der Waals surface area contributed by atoms with E-state index in [-0.39, 0.29) is 0 Å². The molecule has 0 heterocycles. The van der Waals surface area contributed by atoms with Crippen LogP contribution in [0.1, 0.15) is 72.6 Å². The van der Waals surface area contributed by atoms with E-state index >= 15 is 0 Å². The van der Waals surface area contributed by atoms with Crippen LogP contribution in [0.3, 0.4) is 0 Å². The van der Waals surface area contributed by atoms with Crippen molar-refractivity contribution in [3.63, 3.8) is 0 Å². The number of hydrogen-bond acceptors (Lipinski definition) is 0. The third-order valence-corrected chi connectivity index (χ3v) is 4.78. The monoisotopic (exact) mass is 300 g/mol. The molecule has 0 aromatic heterocycles. The quantitative estimate of drug-likeness (QED) is 0.373. The predicted octanol–water partition coefficient (Wildman–Crippen LogP) is 7.25. The minimum absolute atomic E-state index is 0.568. The van der Waals surface area contributed by atoms with Gasteiger partial charge in [0.1, 0.15) is 0 Å². The lowest BCUT2D eigenvalue weighted by Crippen LogP contribution is -2.05. The first-order valence-corrected chi connectivity index (χ1v) is 9.24. The zero-order valence-electron chi connectivity index (χ0n) is 15.3. The molecule has 0 bridgehead atoms. The molecule has 0 amide bonds. The zero-order chi connectivity index (χ0) is 16.4. The van der Waals surface area contributed by atoms with Crippen LogP contribution in [0.5, 0.6) is 0 Å². The first kappa shape index (κ1) is 19.0. The van der Waals surface area contributed by atoms with Gasteiger partial charge in [-0.05, 0) is 56.4 Å². The Bertz CT molecular complexity index is 408. The second-order valence-corrected chi connectivity index (χ2v) is 7.13. The molecule has 0 aliphatic heterocycles. The molecule has 3 unspecified atom stereocenters. The molecule has 22 heavy (non-hydrogen) atoms. The second-order valence-electron chi connectivity index (χ2n) is 7.13. The number of hydrogen-bond donors (Lipinski definition) is 0. The Morgan fingerprint density at radius 3 is 2.64 bits per heavy atom. The first-order valence-electron chi connectivity index (χ1n) is 9.24. The van der Waals surface area contributed by atoms with Crippen LogP contribution in [0, 0.1) is 17.8 Å². The molecule has 0 spiro atoms. The Hall–Kier alpha value is -1.04. The van der Waals surface area contributed by atoms with Crippen LogP contribution < -0.4 is 0 Å². The van der Waals surface area contributed by atoms with Crippen molar-refractivity contribution >= 4 is 0 Å². The fourth-order valence-electron chi connectivity index (χ4n) is 3.20. The summed E-state index contributed by atoms with van der Waals surface area (Å²) in [6.07, 6.45) is 20.4. The lowest BCUT2D eigenvalue weighted by atomic mass is 9.86. The minimum Gasteiger partial charge on any atom is -0.0999 e. The average Bonchev–Trinajstić information content (AvgIpc) is 2.50. The topological polar surface area (TPSA) is 0 Å². The van der Waals surface area contributed by atoms with E-state index in [1.54, 1.807) is 0 Å². The molecule has 3 atom stereocenters. The minimum atomic E-state index is 0.568. The van der Waals surface area contributed by atoms with Crippen molar-refractivity contribution in [1.29, 1.82) is 0 Å². The summed E-state index contributed by atoms with van der Waals surface area (Å²) in [5, 5.41) is 0. The summed E-state index contributed by atoms with van der Waals surface area (Å²) < 4.78 is 0. The smallest absolute Gasteiger partial charge is 0.00176 e. The fraction of sp³-hybridized carbons (Fsp3) is 0.636. The molecule has 0 aromatic carbocycles.